The van der Waals surface area contributed by atoms with E-state index in [4.69, 9.17) is 4.74 Å². The zero-order valence-corrected chi connectivity index (χ0v) is 17.4. The molecule has 3 aromatic carbocycles. The molecule has 0 saturated heterocycles. The molecule has 3 aromatic rings. The average Bonchev–Trinajstić information content (AvgIpc) is 3.26. The topological polar surface area (TPSA) is 9.23 Å². The highest BCUT2D eigenvalue weighted by atomic mass is 16.5. The molecule has 2 aliphatic rings. The lowest BCUT2D eigenvalue weighted by atomic mass is 9.77. The lowest BCUT2D eigenvalue weighted by Crippen LogP contribution is -2.20. The SMILES string of the molecule is CC(CC1c2ccccc2CC1CC1c2ccccc2OC1C)c1ccccc1. The zero-order valence-electron chi connectivity index (χ0n) is 17.4. The molecule has 5 atom stereocenters. The van der Waals surface area contributed by atoms with Gasteiger partial charge in [0.25, 0.3) is 0 Å². The summed E-state index contributed by atoms with van der Waals surface area (Å²) in [4.78, 5) is 0. The van der Waals surface area contributed by atoms with Crippen LogP contribution in [0.2, 0.25) is 0 Å². The predicted octanol–water partition coefficient (Wildman–Crippen LogP) is 7.09. The van der Waals surface area contributed by atoms with Gasteiger partial charge in [-0.05, 0) is 66.7 Å². The van der Waals surface area contributed by atoms with Crippen LogP contribution in [0.1, 0.15) is 66.7 Å². The maximum absolute atomic E-state index is 6.19. The molecule has 0 fully saturated rings. The number of rotatable bonds is 5. The van der Waals surface area contributed by atoms with Gasteiger partial charge >= 0.3 is 0 Å². The molecule has 0 radical (unpaired) electrons. The van der Waals surface area contributed by atoms with Crippen LogP contribution in [0.3, 0.4) is 0 Å². The second-order valence-corrected chi connectivity index (χ2v) is 9.02. The third-order valence-corrected chi connectivity index (χ3v) is 7.24. The Kier molecular flexibility index (Phi) is 4.91. The van der Waals surface area contributed by atoms with E-state index in [-0.39, 0.29) is 6.10 Å². The molecule has 0 amide bonds. The van der Waals surface area contributed by atoms with E-state index in [1.165, 1.54) is 30.4 Å². The normalized spacial score (nSPS) is 25.9. The maximum Gasteiger partial charge on any atom is 0.123 e. The Bertz CT molecular complexity index is 976. The fraction of sp³-hybridized carbons (Fsp3) is 0.357. The summed E-state index contributed by atoms with van der Waals surface area (Å²) in [7, 11) is 0. The van der Waals surface area contributed by atoms with Crippen molar-refractivity contribution in [3.05, 3.63) is 101 Å². The second-order valence-electron chi connectivity index (χ2n) is 9.02. The summed E-state index contributed by atoms with van der Waals surface area (Å²) in [5.41, 5.74) is 6.01. The van der Waals surface area contributed by atoms with Gasteiger partial charge < -0.3 is 4.74 Å². The van der Waals surface area contributed by atoms with Crippen molar-refractivity contribution in [2.45, 2.75) is 57.0 Å². The first-order valence-electron chi connectivity index (χ1n) is 11.1. The monoisotopic (exact) mass is 382 g/mol. The quantitative estimate of drug-likeness (QED) is 0.457. The van der Waals surface area contributed by atoms with Crippen molar-refractivity contribution in [1.29, 1.82) is 0 Å². The van der Waals surface area contributed by atoms with Crippen molar-refractivity contribution in [3.8, 4) is 5.75 Å². The van der Waals surface area contributed by atoms with Crippen LogP contribution in [0.25, 0.3) is 0 Å². The first-order chi connectivity index (χ1) is 14.2. The van der Waals surface area contributed by atoms with Crippen LogP contribution in [0.5, 0.6) is 5.75 Å². The summed E-state index contributed by atoms with van der Waals surface area (Å²) in [6.45, 7) is 4.64. The number of fused-ring (bicyclic) bond motifs is 2. The molecular weight excluding hydrogens is 352 g/mol. The van der Waals surface area contributed by atoms with Crippen LogP contribution >= 0.6 is 0 Å². The van der Waals surface area contributed by atoms with E-state index in [0.717, 1.165) is 5.75 Å². The standard InChI is InChI=1S/C28H30O/c1-19(21-10-4-3-5-11-21)16-27-23(17-22-12-6-7-13-24(22)27)18-26-20(2)29-28-15-9-8-14-25(26)28/h3-15,19-20,23,26-27H,16-18H2,1-2H3. The van der Waals surface area contributed by atoms with Gasteiger partial charge in [-0.1, -0.05) is 79.7 Å². The van der Waals surface area contributed by atoms with Crippen molar-refractivity contribution >= 4 is 0 Å². The van der Waals surface area contributed by atoms with Gasteiger partial charge in [0.05, 0.1) is 0 Å². The Labute approximate surface area is 174 Å². The molecule has 0 N–H and O–H groups in total. The Balaban J connectivity index is 1.41. The van der Waals surface area contributed by atoms with Gasteiger partial charge in [-0.25, -0.2) is 0 Å². The van der Waals surface area contributed by atoms with Gasteiger partial charge in [0, 0.05) is 11.5 Å². The third kappa shape index (κ3) is 3.48. The second kappa shape index (κ2) is 7.71. The molecule has 1 heterocycles. The molecule has 1 aliphatic carbocycles. The molecule has 1 nitrogen and oxygen atoms in total. The summed E-state index contributed by atoms with van der Waals surface area (Å²) in [5, 5.41) is 0. The molecule has 0 saturated carbocycles. The summed E-state index contributed by atoms with van der Waals surface area (Å²) in [5.74, 6) is 3.47. The minimum Gasteiger partial charge on any atom is -0.490 e. The van der Waals surface area contributed by atoms with Crippen molar-refractivity contribution in [3.63, 3.8) is 0 Å². The zero-order chi connectivity index (χ0) is 19.8. The first kappa shape index (κ1) is 18.5. The van der Waals surface area contributed by atoms with E-state index in [2.05, 4.69) is 92.7 Å². The van der Waals surface area contributed by atoms with E-state index in [9.17, 15) is 0 Å². The van der Waals surface area contributed by atoms with Crippen LogP contribution in [0, 0.1) is 5.92 Å². The van der Waals surface area contributed by atoms with Crippen LogP contribution in [-0.2, 0) is 6.42 Å². The van der Waals surface area contributed by atoms with Crippen LogP contribution < -0.4 is 4.74 Å². The number of para-hydroxylation sites is 1. The van der Waals surface area contributed by atoms with E-state index in [1.807, 2.05) is 0 Å². The highest BCUT2D eigenvalue weighted by Crippen LogP contribution is 2.50. The highest BCUT2D eigenvalue weighted by Gasteiger charge is 2.39. The van der Waals surface area contributed by atoms with Gasteiger partial charge in [0.1, 0.15) is 11.9 Å². The fourth-order valence-corrected chi connectivity index (χ4v) is 5.70. The van der Waals surface area contributed by atoms with Crippen molar-refractivity contribution in [2.75, 3.05) is 0 Å². The molecule has 1 aliphatic heterocycles. The molecule has 0 spiro atoms. The summed E-state index contributed by atoms with van der Waals surface area (Å²) in [6.07, 6.45) is 3.89. The van der Waals surface area contributed by atoms with Gasteiger partial charge in [-0.15, -0.1) is 0 Å². The molecule has 0 bridgehead atoms. The van der Waals surface area contributed by atoms with Crippen LogP contribution in [-0.4, -0.2) is 6.10 Å². The van der Waals surface area contributed by atoms with E-state index < -0.39 is 0 Å². The summed E-state index contributed by atoms with van der Waals surface area (Å²) < 4.78 is 6.19. The largest absolute Gasteiger partial charge is 0.490 e. The fourth-order valence-electron chi connectivity index (χ4n) is 5.70. The Morgan fingerprint density at radius 2 is 1.52 bits per heavy atom. The minimum absolute atomic E-state index is 0.267. The molecule has 29 heavy (non-hydrogen) atoms. The molecule has 5 rings (SSSR count). The van der Waals surface area contributed by atoms with Gasteiger partial charge in [0.2, 0.25) is 0 Å². The van der Waals surface area contributed by atoms with E-state index in [1.54, 1.807) is 11.1 Å². The van der Waals surface area contributed by atoms with E-state index >= 15 is 0 Å². The lowest BCUT2D eigenvalue weighted by Gasteiger charge is -2.27. The van der Waals surface area contributed by atoms with E-state index in [0.29, 0.717) is 23.7 Å². The smallest absolute Gasteiger partial charge is 0.123 e. The maximum atomic E-state index is 6.19. The molecule has 5 unspecified atom stereocenters. The number of ether oxygens (including phenoxy) is 1. The van der Waals surface area contributed by atoms with Gasteiger partial charge in [-0.2, -0.15) is 0 Å². The summed E-state index contributed by atoms with van der Waals surface area (Å²) in [6, 6.07) is 28.8. The minimum atomic E-state index is 0.267. The Morgan fingerprint density at radius 1 is 0.828 bits per heavy atom. The molecule has 1 heteroatoms. The number of benzene rings is 3. The van der Waals surface area contributed by atoms with Crippen LogP contribution in [0.4, 0.5) is 0 Å². The number of hydrogen-bond acceptors (Lipinski definition) is 1. The molecule has 148 valence electrons. The first-order valence-corrected chi connectivity index (χ1v) is 11.1. The van der Waals surface area contributed by atoms with Crippen molar-refractivity contribution < 1.29 is 4.74 Å². The van der Waals surface area contributed by atoms with Gasteiger partial charge in [0.15, 0.2) is 0 Å². The van der Waals surface area contributed by atoms with Crippen LogP contribution in [0.15, 0.2) is 78.9 Å². The van der Waals surface area contributed by atoms with Gasteiger partial charge in [-0.3, -0.25) is 0 Å². The predicted molar refractivity (Wildman–Crippen MR) is 120 cm³/mol. The van der Waals surface area contributed by atoms with Crippen molar-refractivity contribution in [2.24, 2.45) is 5.92 Å². The lowest BCUT2D eigenvalue weighted by molar-refractivity contribution is 0.204. The average molecular weight is 383 g/mol. The molecule has 0 aromatic heterocycles. The third-order valence-electron chi connectivity index (χ3n) is 7.24. The Hall–Kier alpha value is -2.54. The Morgan fingerprint density at radius 3 is 2.34 bits per heavy atom. The van der Waals surface area contributed by atoms with Crippen molar-refractivity contribution in [1.82, 2.24) is 0 Å². The number of hydrogen-bond donors (Lipinski definition) is 0. The highest BCUT2D eigenvalue weighted by molar-refractivity contribution is 5.42. The molecular formula is C28H30O. The summed E-state index contributed by atoms with van der Waals surface area (Å²) >= 11 is 0.